The van der Waals surface area contributed by atoms with Gasteiger partial charge in [0, 0.05) is 12.1 Å². The molecule has 0 spiro atoms. The van der Waals surface area contributed by atoms with Crippen LogP contribution in [0.4, 0.5) is 0 Å². The number of aliphatic hydroxyl groups is 1. The molecular weight excluding hydrogens is 470 g/mol. The Morgan fingerprint density at radius 3 is 1.74 bits per heavy atom. The van der Waals surface area contributed by atoms with Crippen molar-refractivity contribution in [1.29, 1.82) is 0 Å². The highest BCUT2D eigenvalue weighted by molar-refractivity contribution is 6.46. The normalized spacial score (nSPS) is 16.9. The van der Waals surface area contributed by atoms with Gasteiger partial charge in [-0.3, -0.25) is 9.59 Å². The van der Waals surface area contributed by atoms with Gasteiger partial charge in [0.1, 0.15) is 5.76 Å². The van der Waals surface area contributed by atoms with Crippen molar-refractivity contribution in [2.45, 2.75) is 110 Å². The van der Waals surface area contributed by atoms with Crippen molar-refractivity contribution in [2.75, 3.05) is 6.54 Å². The summed E-state index contributed by atoms with van der Waals surface area (Å²) in [6.45, 7) is 4.76. The molecule has 1 N–H and O–H groups in total. The Labute approximate surface area is 230 Å². The van der Waals surface area contributed by atoms with Crippen molar-refractivity contribution in [3.05, 3.63) is 76.9 Å². The Morgan fingerprint density at radius 2 is 1.21 bits per heavy atom. The van der Waals surface area contributed by atoms with Gasteiger partial charge in [-0.1, -0.05) is 151 Å². The Balaban J connectivity index is 1.49. The van der Waals surface area contributed by atoms with Crippen molar-refractivity contribution < 1.29 is 14.7 Å². The first-order valence-corrected chi connectivity index (χ1v) is 14.9. The van der Waals surface area contributed by atoms with Gasteiger partial charge < -0.3 is 10.0 Å². The summed E-state index contributed by atoms with van der Waals surface area (Å²) in [4.78, 5) is 27.9. The number of hydrogen-bond acceptors (Lipinski definition) is 3. The smallest absolute Gasteiger partial charge is 0.295 e. The van der Waals surface area contributed by atoms with Gasteiger partial charge in [0.2, 0.25) is 0 Å². The standard InChI is InChI=1S/C34H47NO3/c1-3-4-5-6-7-8-9-10-11-12-13-14-15-19-26-35-31(28-20-17-16-18-21-28)30(33(37)34(35)38)32(36)29-24-22-27(2)23-25-29/h16-18,20-25,31,36H,3-15,19,26H2,1-2H3. The van der Waals surface area contributed by atoms with Gasteiger partial charge in [0.15, 0.2) is 0 Å². The van der Waals surface area contributed by atoms with Crippen molar-refractivity contribution in [2.24, 2.45) is 0 Å². The van der Waals surface area contributed by atoms with Crippen LogP contribution < -0.4 is 0 Å². The van der Waals surface area contributed by atoms with E-state index in [0.717, 1.165) is 30.4 Å². The number of nitrogens with zero attached hydrogens (tertiary/aromatic N) is 1. The molecule has 0 radical (unpaired) electrons. The number of benzene rings is 2. The molecule has 1 aliphatic heterocycles. The summed E-state index contributed by atoms with van der Waals surface area (Å²) in [6, 6.07) is 16.4. The molecule has 0 aliphatic carbocycles. The molecule has 4 nitrogen and oxygen atoms in total. The topological polar surface area (TPSA) is 57.6 Å². The molecule has 1 saturated heterocycles. The fourth-order valence-corrected chi connectivity index (χ4v) is 5.44. The van der Waals surface area contributed by atoms with Crippen LogP contribution in [-0.2, 0) is 9.59 Å². The van der Waals surface area contributed by atoms with E-state index in [4.69, 9.17) is 0 Å². The summed E-state index contributed by atoms with van der Waals surface area (Å²) in [5.41, 5.74) is 2.67. The number of carbonyl (C=O) groups excluding carboxylic acids is 2. The van der Waals surface area contributed by atoms with Gasteiger partial charge >= 0.3 is 0 Å². The van der Waals surface area contributed by atoms with Crippen LogP contribution in [0.3, 0.4) is 0 Å². The predicted octanol–water partition coefficient (Wildman–Crippen LogP) is 8.90. The zero-order valence-electron chi connectivity index (χ0n) is 23.6. The maximum atomic E-state index is 13.1. The van der Waals surface area contributed by atoms with Gasteiger partial charge in [-0.25, -0.2) is 0 Å². The molecule has 3 rings (SSSR count). The lowest BCUT2D eigenvalue weighted by molar-refractivity contribution is -0.139. The van der Waals surface area contributed by atoms with Crippen molar-refractivity contribution >= 4 is 17.4 Å². The van der Waals surface area contributed by atoms with E-state index >= 15 is 0 Å². The number of aliphatic hydroxyl groups excluding tert-OH is 1. The number of rotatable bonds is 17. The molecule has 1 atom stereocenters. The minimum absolute atomic E-state index is 0.0966. The maximum absolute atomic E-state index is 13.1. The molecule has 2 aromatic carbocycles. The number of aryl methyl sites for hydroxylation is 1. The molecule has 1 aliphatic rings. The van der Waals surface area contributed by atoms with Crippen LogP contribution in [0.2, 0.25) is 0 Å². The third-order valence-corrected chi connectivity index (χ3v) is 7.73. The molecule has 1 amide bonds. The third-order valence-electron chi connectivity index (χ3n) is 7.73. The third kappa shape index (κ3) is 8.58. The highest BCUT2D eigenvalue weighted by Crippen LogP contribution is 2.39. The van der Waals surface area contributed by atoms with E-state index in [9.17, 15) is 14.7 Å². The van der Waals surface area contributed by atoms with Gasteiger partial charge in [-0.2, -0.15) is 0 Å². The summed E-state index contributed by atoms with van der Waals surface area (Å²) >= 11 is 0. The van der Waals surface area contributed by atoms with Gasteiger partial charge in [0.25, 0.3) is 11.7 Å². The average molecular weight is 518 g/mol. The Kier molecular flexibility index (Phi) is 12.6. The Hall–Kier alpha value is -2.88. The number of likely N-dealkylation sites (tertiary alicyclic amines) is 1. The fraction of sp³-hybridized carbons (Fsp3) is 0.529. The largest absolute Gasteiger partial charge is 0.507 e. The molecule has 1 fully saturated rings. The second-order valence-electron chi connectivity index (χ2n) is 10.9. The lowest BCUT2D eigenvalue weighted by Gasteiger charge is -2.25. The summed E-state index contributed by atoms with van der Waals surface area (Å²) in [6.07, 6.45) is 17.8. The average Bonchev–Trinajstić information content (AvgIpc) is 3.18. The number of Topliss-reactive ketones (excluding diaryl/α,β-unsaturated/α-hetero) is 1. The molecule has 0 aromatic heterocycles. The fourth-order valence-electron chi connectivity index (χ4n) is 5.44. The minimum atomic E-state index is -0.595. The summed E-state index contributed by atoms with van der Waals surface area (Å²) in [7, 11) is 0. The second kappa shape index (κ2) is 16.2. The van der Waals surface area contributed by atoms with Gasteiger partial charge in [0.05, 0.1) is 11.6 Å². The van der Waals surface area contributed by atoms with E-state index in [0.29, 0.717) is 12.1 Å². The molecule has 1 unspecified atom stereocenters. The van der Waals surface area contributed by atoms with Crippen molar-refractivity contribution in [1.82, 2.24) is 4.90 Å². The van der Waals surface area contributed by atoms with Crippen LogP contribution in [-0.4, -0.2) is 28.2 Å². The van der Waals surface area contributed by atoms with E-state index in [1.54, 1.807) is 17.0 Å². The first-order valence-electron chi connectivity index (χ1n) is 14.9. The Morgan fingerprint density at radius 1 is 0.711 bits per heavy atom. The zero-order valence-corrected chi connectivity index (χ0v) is 23.6. The molecule has 0 saturated carbocycles. The number of hydrogen-bond donors (Lipinski definition) is 1. The van der Waals surface area contributed by atoms with E-state index in [2.05, 4.69) is 6.92 Å². The summed E-state index contributed by atoms with van der Waals surface area (Å²) < 4.78 is 0. The van der Waals surface area contributed by atoms with E-state index in [-0.39, 0.29) is 11.3 Å². The minimum Gasteiger partial charge on any atom is -0.507 e. The highest BCUT2D eigenvalue weighted by atomic mass is 16.3. The second-order valence-corrected chi connectivity index (χ2v) is 10.9. The molecule has 4 heteroatoms. The lowest BCUT2D eigenvalue weighted by Crippen LogP contribution is -2.30. The number of amides is 1. The molecular formula is C34H47NO3. The number of carbonyl (C=O) groups is 2. The predicted molar refractivity (Wildman–Crippen MR) is 157 cm³/mol. The van der Waals surface area contributed by atoms with Gasteiger partial charge in [-0.15, -0.1) is 0 Å². The SMILES string of the molecule is CCCCCCCCCCCCCCCCN1C(=O)C(=O)C(=C(O)c2ccc(C)cc2)C1c1ccccc1. The van der Waals surface area contributed by atoms with Crippen molar-refractivity contribution in [3.63, 3.8) is 0 Å². The molecule has 1 heterocycles. The zero-order chi connectivity index (χ0) is 27.2. The molecule has 38 heavy (non-hydrogen) atoms. The van der Waals surface area contributed by atoms with E-state index in [1.807, 2.05) is 49.4 Å². The summed E-state index contributed by atoms with van der Waals surface area (Å²) in [5.74, 6) is -1.20. The highest BCUT2D eigenvalue weighted by Gasteiger charge is 2.45. The van der Waals surface area contributed by atoms with E-state index < -0.39 is 17.7 Å². The van der Waals surface area contributed by atoms with Crippen LogP contribution >= 0.6 is 0 Å². The van der Waals surface area contributed by atoms with Crippen LogP contribution in [0, 0.1) is 6.92 Å². The van der Waals surface area contributed by atoms with Crippen LogP contribution in [0.25, 0.3) is 5.76 Å². The molecule has 2 aromatic rings. The monoisotopic (exact) mass is 517 g/mol. The first kappa shape index (κ1) is 29.7. The Bertz CT molecular complexity index is 1030. The first-order chi connectivity index (χ1) is 18.5. The van der Waals surface area contributed by atoms with Crippen LogP contribution in [0.5, 0.6) is 0 Å². The quantitative estimate of drug-likeness (QED) is 0.0986. The van der Waals surface area contributed by atoms with E-state index in [1.165, 1.54) is 70.6 Å². The van der Waals surface area contributed by atoms with Crippen LogP contribution in [0.15, 0.2) is 60.2 Å². The van der Waals surface area contributed by atoms with Crippen molar-refractivity contribution in [3.8, 4) is 0 Å². The van der Waals surface area contributed by atoms with Crippen LogP contribution in [0.1, 0.15) is 120 Å². The molecule has 206 valence electrons. The summed E-state index contributed by atoms with van der Waals surface area (Å²) in [5, 5.41) is 11.1. The number of unbranched alkanes of at least 4 members (excludes halogenated alkanes) is 13. The van der Waals surface area contributed by atoms with Gasteiger partial charge in [-0.05, 0) is 18.9 Å². The lowest BCUT2D eigenvalue weighted by atomic mass is 9.95. The molecule has 0 bridgehead atoms. The number of ketones is 1. The maximum Gasteiger partial charge on any atom is 0.295 e.